The van der Waals surface area contributed by atoms with E-state index >= 15 is 0 Å². The number of ketones is 1. The van der Waals surface area contributed by atoms with E-state index in [1.54, 1.807) is 36.5 Å². The maximum absolute atomic E-state index is 13.5. The normalized spacial score (nSPS) is 12.1. The average Bonchev–Trinajstić information content (AvgIpc) is 3.37. The fourth-order valence-electron chi connectivity index (χ4n) is 4.29. The number of benzene rings is 3. The maximum atomic E-state index is 13.5. The predicted molar refractivity (Wildman–Crippen MR) is 162 cm³/mol. The van der Waals surface area contributed by atoms with Gasteiger partial charge in [-0.25, -0.2) is 0 Å². The van der Waals surface area contributed by atoms with Gasteiger partial charge in [-0.05, 0) is 12.5 Å². The second-order valence-electron chi connectivity index (χ2n) is 10.9. The molecule has 1 N–H and O–H groups in total. The summed E-state index contributed by atoms with van der Waals surface area (Å²) < 4.78 is 32.1. The standard InChI is InChI=1S/C30H33AsN4O5S/c1-18-10-8-9-11-22(18)27(36)25-17-35(34-33-25)26-14-20(13-12-19(26)2)29(37)32-24-16-21(30(3,4)5)15-23(28(24)40-6)31-41(7,38)39/h8-17,31H,1-7H3,(H,32,37). The van der Waals surface area contributed by atoms with Crippen molar-refractivity contribution in [2.75, 3.05) is 18.7 Å². The van der Waals surface area contributed by atoms with Crippen LogP contribution in [0.3, 0.4) is 0 Å². The molecule has 214 valence electrons. The van der Waals surface area contributed by atoms with Gasteiger partial charge in [0.1, 0.15) is 0 Å². The van der Waals surface area contributed by atoms with Crippen molar-refractivity contribution in [1.29, 1.82) is 0 Å². The van der Waals surface area contributed by atoms with Crippen molar-refractivity contribution in [2.45, 2.75) is 40.0 Å². The molecule has 1 atom stereocenters. The monoisotopic (exact) mass is 636 g/mol. The molecule has 0 saturated heterocycles. The molecule has 1 amide bonds. The molecule has 1 heterocycles. The van der Waals surface area contributed by atoms with Gasteiger partial charge in [0.15, 0.2) is 0 Å². The van der Waals surface area contributed by atoms with Gasteiger partial charge in [-0.15, -0.1) is 0 Å². The van der Waals surface area contributed by atoms with Gasteiger partial charge in [0.2, 0.25) is 0 Å². The van der Waals surface area contributed by atoms with Crippen LogP contribution in [0.25, 0.3) is 5.69 Å². The van der Waals surface area contributed by atoms with E-state index in [1.807, 2.05) is 58.9 Å². The van der Waals surface area contributed by atoms with Crippen LogP contribution in [0.5, 0.6) is 5.75 Å². The number of amides is 1. The molecular weight excluding hydrogens is 603 g/mol. The van der Waals surface area contributed by atoms with Gasteiger partial charge >= 0.3 is 200 Å². The third-order valence-corrected chi connectivity index (χ3v) is 11.6. The number of nitrogens with zero attached hydrogens (tertiary/aromatic N) is 3. The Balaban J connectivity index is 1.69. The minimum absolute atomic E-state index is 0.194. The number of carbonyl (C=O) groups is 2. The average molecular weight is 637 g/mol. The molecular formula is C30H33AsN4O5S. The third-order valence-electron chi connectivity index (χ3n) is 6.54. The van der Waals surface area contributed by atoms with Crippen molar-refractivity contribution in [2.24, 2.45) is 0 Å². The summed E-state index contributed by atoms with van der Waals surface area (Å²) >= 11 is -1.58. The summed E-state index contributed by atoms with van der Waals surface area (Å²) in [5, 5.41) is 11.2. The van der Waals surface area contributed by atoms with E-state index in [0.717, 1.165) is 16.7 Å². The molecule has 4 rings (SSSR count). The van der Waals surface area contributed by atoms with E-state index in [-0.39, 0.29) is 16.9 Å². The van der Waals surface area contributed by atoms with E-state index < -0.39 is 28.6 Å². The van der Waals surface area contributed by atoms with Crippen molar-refractivity contribution >= 4 is 44.4 Å². The van der Waals surface area contributed by atoms with Crippen molar-refractivity contribution in [3.05, 3.63) is 94.3 Å². The first-order chi connectivity index (χ1) is 19.2. The molecule has 4 aromatic rings. The molecule has 1 unspecified atom stereocenters. The fraction of sp³-hybridized carbons (Fsp3) is 0.267. The van der Waals surface area contributed by atoms with E-state index in [0.29, 0.717) is 32.6 Å². The Morgan fingerprint density at radius 2 is 1.71 bits per heavy atom. The minimum atomic E-state index is -3.24. The zero-order valence-electron chi connectivity index (χ0n) is 24.1. The molecule has 0 radical (unpaired) electrons. The fourth-order valence-corrected chi connectivity index (χ4v) is 9.14. The van der Waals surface area contributed by atoms with Crippen LogP contribution in [0.1, 0.15) is 63.9 Å². The van der Waals surface area contributed by atoms with Gasteiger partial charge in [0.05, 0.1) is 0 Å². The molecule has 0 fully saturated rings. The summed E-state index contributed by atoms with van der Waals surface area (Å²) in [6, 6.07) is 16.1. The molecule has 0 aliphatic heterocycles. The molecule has 0 spiro atoms. The van der Waals surface area contributed by atoms with Gasteiger partial charge < -0.3 is 0 Å². The van der Waals surface area contributed by atoms with Crippen molar-refractivity contribution in [3.63, 3.8) is 0 Å². The second-order valence-corrected chi connectivity index (χ2v) is 19.7. The zero-order chi connectivity index (χ0) is 30.1. The first kappa shape index (κ1) is 30.2. The summed E-state index contributed by atoms with van der Waals surface area (Å²) in [6.45, 7) is 9.80. The van der Waals surface area contributed by atoms with Gasteiger partial charge in [0.25, 0.3) is 0 Å². The van der Waals surface area contributed by atoms with Crippen LogP contribution >= 0.6 is 0 Å². The van der Waals surface area contributed by atoms with Crippen LogP contribution in [0.15, 0.2) is 60.8 Å². The van der Waals surface area contributed by atoms with E-state index in [2.05, 4.69) is 15.6 Å². The number of methoxy groups -OCH3 is 1. The van der Waals surface area contributed by atoms with Crippen LogP contribution in [0.4, 0.5) is 5.69 Å². The zero-order valence-corrected chi connectivity index (χ0v) is 27.0. The van der Waals surface area contributed by atoms with E-state index in [9.17, 15) is 18.0 Å². The molecule has 1 aromatic heterocycles. The van der Waals surface area contributed by atoms with Crippen LogP contribution in [0, 0.1) is 13.8 Å². The van der Waals surface area contributed by atoms with Crippen LogP contribution in [-0.4, -0.2) is 63.1 Å². The number of hydrogen-bond acceptors (Lipinski definition) is 7. The van der Waals surface area contributed by atoms with Gasteiger partial charge in [0, 0.05) is 5.56 Å². The predicted octanol–water partition coefficient (Wildman–Crippen LogP) is 3.69. The number of aromatic nitrogens is 3. The van der Waals surface area contributed by atoms with Gasteiger partial charge in [-0.1, -0.05) is 24.3 Å². The summed E-state index contributed by atoms with van der Waals surface area (Å²) in [6.07, 6.45) is 2.77. The Kier molecular flexibility index (Phi) is 8.56. The molecule has 3 aromatic carbocycles. The van der Waals surface area contributed by atoms with E-state index in [4.69, 9.17) is 4.74 Å². The molecule has 11 heteroatoms. The number of aryl methyl sites for hydroxylation is 2. The summed E-state index contributed by atoms with van der Waals surface area (Å²) in [5.74, 6) is -0.295. The Morgan fingerprint density at radius 1 is 1.00 bits per heavy atom. The number of carbonyl (C=O) groups excluding carboxylic acids is 2. The Morgan fingerprint density at radius 3 is 2.34 bits per heavy atom. The Bertz CT molecular complexity index is 1760. The van der Waals surface area contributed by atoms with Crippen LogP contribution < -0.4 is 14.4 Å². The van der Waals surface area contributed by atoms with Crippen molar-refractivity contribution in [3.8, 4) is 11.4 Å². The Hall–Kier alpha value is -3.75. The van der Waals surface area contributed by atoms with Gasteiger partial charge in [-0.3, -0.25) is 4.79 Å². The number of hydrogen-bond donors (Lipinski definition) is 1. The number of anilines is 1. The topological polar surface area (TPSA) is 120 Å². The number of rotatable bonds is 8. The van der Waals surface area contributed by atoms with Crippen molar-refractivity contribution < 1.29 is 22.7 Å². The summed E-state index contributed by atoms with van der Waals surface area (Å²) in [7, 11) is -1.78. The quantitative estimate of drug-likeness (QED) is 0.231. The van der Waals surface area contributed by atoms with Gasteiger partial charge in [-0.2, -0.15) is 0 Å². The van der Waals surface area contributed by atoms with E-state index in [1.165, 1.54) is 18.0 Å². The molecule has 9 nitrogen and oxygen atoms in total. The van der Waals surface area contributed by atoms with Crippen molar-refractivity contribution in [1.82, 2.24) is 15.0 Å². The molecule has 0 aliphatic carbocycles. The number of ether oxygens (including phenoxy) is 1. The molecule has 0 saturated carbocycles. The number of nitrogens with one attached hydrogen (secondary N) is 1. The second kappa shape index (κ2) is 11.6. The first-order valence-corrected chi connectivity index (χ1v) is 18.3. The van der Waals surface area contributed by atoms with Crippen LogP contribution in [-0.2, 0) is 13.5 Å². The summed E-state index contributed by atoms with van der Waals surface area (Å²) in [5.41, 5.74) is 4.35. The summed E-state index contributed by atoms with van der Waals surface area (Å²) in [4.78, 5) is 26.5. The third kappa shape index (κ3) is 6.94. The molecule has 0 aliphatic rings. The Labute approximate surface area is 245 Å². The molecule has 41 heavy (non-hydrogen) atoms. The molecule has 0 bridgehead atoms. The first-order valence-electron chi connectivity index (χ1n) is 12.8. The SMILES string of the molecule is COc1c(NC(=O)c2ccc(C)c(-n3cc(C(=O)c4ccccc4C)nn3)c2)cc(C(C)(C)C)cc1[AsH]S(C)(=O)=O. The van der Waals surface area contributed by atoms with Crippen LogP contribution in [0.2, 0.25) is 0 Å².